The van der Waals surface area contributed by atoms with E-state index >= 15 is 0 Å². The van der Waals surface area contributed by atoms with E-state index in [9.17, 15) is 0 Å². The minimum absolute atomic E-state index is 0.251. The summed E-state index contributed by atoms with van der Waals surface area (Å²) < 4.78 is 13.8. The molecule has 1 saturated carbocycles. The van der Waals surface area contributed by atoms with Crippen LogP contribution in [0.5, 0.6) is 0 Å². The van der Waals surface area contributed by atoms with Gasteiger partial charge in [0.05, 0.1) is 19.8 Å². The van der Waals surface area contributed by atoms with Crippen molar-refractivity contribution >= 4 is 0 Å². The molecule has 20 heavy (non-hydrogen) atoms. The van der Waals surface area contributed by atoms with Gasteiger partial charge in [-0.1, -0.05) is 0 Å². The molecule has 0 radical (unpaired) electrons. The third kappa shape index (κ3) is 2.75. The van der Waals surface area contributed by atoms with Gasteiger partial charge in [-0.2, -0.15) is 0 Å². The molecule has 1 aliphatic heterocycles. The largest absolute Gasteiger partial charge is 0.348 e. The van der Waals surface area contributed by atoms with Crippen molar-refractivity contribution in [2.75, 3.05) is 20.3 Å². The topological polar surface area (TPSA) is 39.5 Å². The van der Waals surface area contributed by atoms with Crippen molar-refractivity contribution in [1.82, 2.24) is 14.5 Å². The monoisotopic (exact) mass is 279 g/mol. The summed E-state index contributed by atoms with van der Waals surface area (Å²) in [7, 11) is 2.20. The Morgan fingerprint density at radius 3 is 2.70 bits per heavy atom. The van der Waals surface area contributed by atoms with Crippen molar-refractivity contribution in [3.63, 3.8) is 0 Å². The molecule has 5 nitrogen and oxygen atoms in total. The van der Waals surface area contributed by atoms with Crippen LogP contribution < -0.4 is 0 Å². The molecule has 2 aliphatic rings. The van der Waals surface area contributed by atoms with Crippen LogP contribution in [0.15, 0.2) is 12.4 Å². The molecular weight excluding hydrogens is 254 g/mol. The SMILES string of the molecule is CCn1ccnc1CN(C)C1CCC2(CC1)OCCO2. The Kier molecular flexibility index (Phi) is 4.10. The van der Waals surface area contributed by atoms with Gasteiger partial charge in [0.25, 0.3) is 0 Å². The molecule has 1 aromatic heterocycles. The molecule has 112 valence electrons. The molecule has 1 aliphatic carbocycles. The number of aromatic nitrogens is 2. The van der Waals surface area contributed by atoms with E-state index in [1.165, 1.54) is 0 Å². The minimum Gasteiger partial charge on any atom is -0.348 e. The van der Waals surface area contributed by atoms with Crippen LogP contribution in [0.3, 0.4) is 0 Å². The number of ether oxygens (including phenoxy) is 2. The summed E-state index contributed by atoms with van der Waals surface area (Å²) in [4.78, 5) is 6.89. The molecule has 0 bridgehead atoms. The normalized spacial score (nSPS) is 22.9. The molecule has 2 heterocycles. The second kappa shape index (κ2) is 5.84. The summed E-state index contributed by atoms with van der Waals surface area (Å²) in [5, 5.41) is 0. The predicted molar refractivity (Wildman–Crippen MR) is 76.3 cm³/mol. The van der Waals surface area contributed by atoms with Crippen molar-refractivity contribution in [2.24, 2.45) is 0 Å². The van der Waals surface area contributed by atoms with Crippen molar-refractivity contribution in [1.29, 1.82) is 0 Å². The maximum Gasteiger partial charge on any atom is 0.168 e. The molecule has 1 aromatic rings. The summed E-state index contributed by atoms with van der Waals surface area (Å²) in [5.74, 6) is 0.905. The highest BCUT2D eigenvalue weighted by molar-refractivity contribution is 4.94. The fraction of sp³-hybridized carbons (Fsp3) is 0.800. The van der Waals surface area contributed by atoms with Gasteiger partial charge in [-0.05, 0) is 26.8 Å². The van der Waals surface area contributed by atoms with Gasteiger partial charge in [0, 0.05) is 37.8 Å². The van der Waals surface area contributed by atoms with Gasteiger partial charge in [-0.15, -0.1) is 0 Å². The van der Waals surface area contributed by atoms with Gasteiger partial charge in [0.2, 0.25) is 0 Å². The van der Waals surface area contributed by atoms with Crippen molar-refractivity contribution in [2.45, 2.75) is 57.5 Å². The average Bonchev–Trinajstić information content (AvgIpc) is 3.09. The third-order valence-corrected chi connectivity index (χ3v) is 4.69. The van der Waals surface area contributed by atoms with E-state index in [4.69, 9.17) is 9.47 Å². The van der Waals surface area contributed by atoms with Gasteiger partial charge < -0.3 is 14.0 Å². The molecule has 1 saturated heterocycles. The third-order valence-electron chi connectivity index (χ3n) is 4.69. The first-order chi connectivity index (χ1) is 9.72. The molecule has 2 fully saturated rings. The molecule has 0 N–H and O–H groups in total. The first kappa shape index (κ1) is 14.0. The molecular formula is C15H25N3O2. The Bertz CT molecular complexity index is 430. The minimum atomic E-state index is -0.251. The first-order valence-corrected chi connectivity index (χ1v) is 7.70. The number of hydrogen-bond acceptors (Lipinski definition) is 4. The highest BCUT2D eigenvalue weighted by atomic mass is 16.7. The van der Waals surface area contributed by atoms with Crippen LogP contribution in [0, 0.1) is 0 Å². The lowest BCUT2D eigenvalue weighted by Gasteiger charge is -2.39. The quantitative estimate of drug-likeness (QED) is 0.845. The number of hydrogen-bond donors (Lipinski definition) is 0. The Morgan fingerprint density at radius 2 is 2.05 bits per heavy atom. The molecule has 1 spiro atoms. The van der Waals surface area contributed by atoms with Crippen molar-refractivity contribution in [3.8, 4) is 0 Å². The number of nitrogens with zero attached hydrogens (tertiary/aromatic N) is 3. The number of aryl methyl sites for hydroxylation is 1. The van der Waals surface area contributed by atoms with E-state index in [1.807, 2.05) is 6.20 Å². The Labute approximate surface area is 120 Å². The van der Waals surface area contributed by atoms with Crippen LogP contribution in [0.4, 0.5) is 0 Å². The zero-order valence-electron chi connectivity index (χ0n) is 12.5. The van der Waals surface area contributed by atoms with E-state index < -0.39 is 0 Å². The fourth-order valence-corrected chi connectivity index (χ4v) is 3.40. The van der Waals surface area contributed by atoms with E-state index in [0.29, 0.717) is 6.04 Å². The van der Waals surface area contributed by atoms with E-state index in [2.05, 4.69) is 34.6 Å². The summed E-state index contributed by atoms with van der Waals surface area (Å²) in [6.07, 6.45) is 8.27. The lowest BCUT2D eigenvalue weighted by molar-refractivity contribution is -0.183. The fourth-order valence-electron chi connectivity index (χ4n) is 3.40. The van der Waals surface area contributed by atoms with Crippen LogP contribution in [0.2, 0.25) is 0 Å². The summed E-state index contributed by atoms with van der Waals surface area (Å²) >= 11 is 0. The van der Waals surface area contributed by atoms with Crippen LogP contribution >= 0.6 is 0 Å². The first-order valence-electron chi connectivity index (χ1n) is 7.70. The van der Waals surface area contributed by atoms with E-state index in [-0.39, 0.29) is 5.79 Å². The summed E-state index contributed by atoms with van der Waals surface area (Å²) in [6, 6.07) is 0.607. The van der Waals surface area contributed by atoms with Gasteiger partial charge >= 0.3 is 0 Å². The number of rotatable bonds is 4. The zero-order chi connectivity index (χ0) is 14.0. The summed E-state index contributed by atoms with van der Waals surface area (Å²) in [5.41, 5.74) is 0. The van der Waals surface area contributed by atoms with Crippen LogP contribution in [-0.4, -0.2) is 46.5 Å². The van der Waals surface area contributed by atoms with Crippen LogP contribution in [-0.2, 0) is 22.6 Å². The van der Waals surface area contributed by atoms with Gasteiger partial charge in [-0.25, -0.2) is 4.98 Å². The Morgan fingerprint density at radius 1 is 1.35 bits per heavy atom. The van der Waals surface area contributed by atoms with Crippen LogP contribution in [0.25, 0.3) is 0 Å². The molecule has 0 aromatic carbocycles. The van der Waals surface area contributed by atoms with Crippen molar-refractivity contribution in [3.05, 3.63) is 18.2 Å². The van der Waals surface area contributed by atoms with Crippen LogP contribution in [0.1, 0.15) is 38.4 Å². The van der Waals surface area contributed by atoms with Gasteiger partial charge in [-0.3, -0.25) is 4.90 Å². The highest BCUT2D eigenvalue weighted by Crippen LogP contribution is 2.37. The second-order valence-electron chi connectivity index (χ2n) is 5.88. The smallest absolute Gasteiger partial charge is 0.168 e. The van der Waals surface area contributed by atoms with Crippen molar-refractivity contribution < 1.29 is 9.47 Å². The standard InChI is InChI=1S/C15H25N3O2/c1-3-18-9-8-16-14(18)12-17(2)13-4-6-15(7-5-13)19-10-11-20-15/h8-9,13H,3-7,10-12H2,1-2H3. The van der Waals surface area contributed by atoms with E-state index in [0.717, 1.165) is 57.8 Å². The van der Waals surface area contributed by atoms with Gasteiger partial charge in [0.15, 0.2) is 5.79 Å². The molecule has 5 heteroatoms. The maximum absolute atomic E-state index is 5.79. The zero-order valence-corrected chi connectivity index (χ0v) is 12.5. The lowest BCUT2D eigenvalue weighted by atomic mass is 9.89. The lowest BCUT2D eigenvalue weighted by Crippen LogP contribution is -2.42. The summed E-state index contributed by atoms with van der Waals surface area (Å²) in [6.45, 7) is 5.58. The molecule has 3 rings (SSSR count). The second-order valence-corrected chi connectivity index (χ2v) is 5.88. The Balaban J connectivity index is 1.55. The average molecular weight is 279 g/mol. The van der Waals surface area contributed by atoms with Gasteiger partial charge in [0.1, 0.15) is 5.82 Å². The van der Waals surface area contributed by atoms with E-state index in [1.54, 1.807) is 0 Å². The predicted octanol–water partition coefficient (Wildman–Crippen LogP) is 2.02. The molecule has 0 atom stereocenters. The molecule has 0 amide bonds. The number of imidazole rings is 1. The maximum atomic E-state index is 5.79. The Hall–Kier alpha value is -0.910. The molecule has 0 unspecified atom stereocenters. The highest BCUT2D eigenvalue weighted by Gasteiger charge is 2.41.